The Kier molecular flexibility index (Phi) is 5.36. The zero-order valence-corrected chi connectivity index (χ0v) is 21.4. The SMILES string of the molecule is O=S(=O)(NC1CC(F)(F)C1)c1c2c(cc3cnc(C4CC4)cc13)CC(Nc1ccc(C3(O)COC3)nc1)C2. The Morgan fingerprint density at radius 3 is 2.45 bits per heavy atom. The first-order chi connectivity index (χ1) is 18.1. The molecule has 1 saturated heterocycles. The molecule has 0 radical (unpaired) electrons. The Morgan fingerprint density at radius 1 is 1.03 bits per heavy atom. The van der Waals surface area contributed by atoms with Crippen molar-refractivity contribution in [2.24, 2.45) is 0 Å². The molecule has 3 fully saturated rings. The van der Waals surface area contributed by atoms with Gasteiger partial charge in [0.1, 0.15) is 0 Å². The van der Waals surface area contributed by atoms with Crippen molar-refractivity contribution in [1.29, 1.82) is 0 Å². The van der Waals surface area contributed by atoms with E-state index in [1.807, 2.05) is 18.2 Å². The summed E-state index contributed by atoms with van der Waals surface area (Å²) in [5.74, 6) is -2.48. The summed E-state index contributed by atoms with van der Waals surface area (Å²) in [6.45, 7) is 0.443. The van der Waals surface area contributed by atoms with Crippen LogP contribution in [0.25, 0.3) is 10.8 Å². The highest BCUT2D eigenvalue weighted by Crippen LogP contribution is 2.43. The molecule has 2 aromatic heterocycles. The highest BCUT2D eigenvalue weighted by atomic mass is 32.2. The minimum atomic E-state index is -4.05. The summed E-state index contributed by atoms with van der Waals surface area (Å²) in [6.07, 6.45) is 5.55. The van der Waals surface area contributed by atoms with Gasteiger partial charge in [0.15, 0.2) is 5.60 Å². The molecule has 1 aromatic carbocycles. The summed E-state index contributed by atoms with van der Waals surface area (Å²) in [6, 6.07) is 6.62. The topological polar surface area (TPSA) is 113 Å². The van der Waals surface area contributed by atoms with Gasteiger partial charge in [0.05, 0.1) is 35.7 Å². The fourth-order valence-corrected chi connectivity index (χ4v) is 7.56. The average Bonchev–Trinajstić information content (AvgIpc) is 3.60. The van der Waals surface area contributed by atoms with Crippen LogP contribution in [0, 0.1) is 0 Å². The summed E-state index contributed by atoms with van der Waals surface area (Å²) < 4.78 is 62.0. The molecule has 3 aromatic rings. The number of rotatable bonds is 7. The van der Waals surface area contributed by atoms with E-state index in [2.05, 4.69) is 20.0 Å². The molecule has 0 bridgehead atoms. The maximum Gasteiger partial charge on any atom is 0.251 e. The van der Waals surface area contributed by atoms with Gasteiger partial charge in [-0.15, -0.1) is 0 Å². The van der Waals surface area contributed by atoms with Crippen molar-refractivity contribution in [3.63, 3.8) is 0 Å². The molecular weight excluding hydrogens is 514 g/mol. The lowest BCUT2D eigenvalue weighted by Gasteiger charge is -2.35. The molecule has 38 heavy (non-hydrogen) atoms. The van der Waals surface area contributed by atoms with Gasteiger partial charge in [0.2, 0.25) is 10.0 Å². The summed E-state index contributed by atoms with van der Waals surface area (Å²) in [4.78, 5) is 9.16. The van der Waals surface area contributed by atoms with E-state index in [1.165, 1.54) is 0 Å². The van der Waals surface area contributed by atoms with Gasteiger partial charge in [-0.1, -0.05) is 0 Å². The van der Waals surface area contributed by atoms with Crippen molar-refractivity contribution in [2.45, 2.75) is 72.9 Å². The minimum Gasteiger partial charge on any atom is -0.380 e. The fraction of sp³-hybridized carbons (Fsp3) is 0.481. The van der Waals surface area contributed by atoms with Gasteiger partial charge in [-0.3, -0.25) is 9.97 Å². The monoisotopic (exact) mass is 542 g/mol. The van der Waals surface area contributed by atoms with E-state index in [-0.39, 0.29) is 24.2 Å². The molecule has 4 aliphatic rings. The number of pyridine rings is 2. The number of nitrogens with zero attached hydrogens (tertiary/aromatic N) is 2. The van der Waals surface area contributed by atoms with Crippen LogP contribution in [0.3, 0.4) is 0 Å². The molecule has 2 saturated carbocycles. The number of alkyl halides is 2. The Hall–Kier alpha value is -2.73. The van der Waals surface area contributed by atoms with E-state index in [1.54, 1.807) is 18.5 Å². The third kappa shape index (κ3) is 4.25. The number of aromatic nitrogens is 2. The Morgan fingerprint density at radius 2 is 1.82 bits per heavy atom. The molecular formula is C27H28F2N4O4S. The number of aliphatic hydroxyl groups is 1. The molecule has 3 N–H and O–H groups in total. The van der Waals surface area contributed by atoms with Crippen LogP contribution in [-0.4, -0.2) is 54.7 Å². The van der Waals surface area contributed by atoms with E-state index >= 15 is 0 Å². The average molecular weight is 543 g/mol. The molecule has 3 heterocycles. The Labute approximate surface area is 218 Å². The lowest BCUT2D eigenvalue weighted by atomic mass is 9.89. The number of fused-ring (bicyclic) bond motifs is 2. The van der Waals surface area contributed by atoms with E-state index in [0.717, 1.165) is 35.2 Å². The smallest absolute Gasteiger partial charge is 0.251 e. The van der Waals surface area contributed by atoms with Crippen molar-refractivity contribution in [3.05, 3.63) is 59.2 Å². The second-order valence-corrected chi connectivity index (χ2v) is 12.9. The minimum absolute atomic E-state index is 0.0811. The van der Waals surface area contributed by atoms with Crippen LogP contribution in [0.5, 0.6) is 0 Å². The second kappa shape index (κ2) is 8.38. The highest BCUT2D eigenvalue weighted by molar-refractivity contribution is 7.89. The first-order valence-electron chi connectivity index (χ1n) is 13.0. The van der Waals surface area contributed by atoms with E-state index < -0.39 is 40.4 Å². The first-order valence-corrected chi connectivity index (χ1v) is 14.4. The highest BCUT2D eigenvalue weighted by Gasteiger charge is 2.47. The van der Waals surface area contributed by atoms with E-state index in [0.29, 0.717) is 35.4 Å². The van der Waals surface area contributed by atoms with Crippen LogP contribution < -0.4 is 10.0 Å². The van der Waals surface area contributed by atoms with Crippen molar-refractivity contribution < 1.29 is 27.0 Å². The lowest BCUT2D eigenvalue weighted by Crippen LogP contribution is -2.50. The van der Waals surface area contributed by atoms with E-state index in [9.17, 15) is 22.3 Å². The Balaban J connectivity index is 1.21. The van der Waals surface area contributed by atoms with Gasteiger partial charge < -0.3 is 15.2 Å². The summed E-state index contributed by atoms with van der Waals surface area (Å²) >= 11 is 0. The van der Waals surface area contributed by atoms with Gasteiger partial charge in [-0.05, 0) is 61.1 Å². The first kappa shape index (κ1) is 24.3. The van der Waals surface area contributed by atoms with Crippen molar-refractivity contribution in [3.8, 4) is 0 Å². The molecule has 1 atom stereocenters. The number of anilines is 1. The van der Waals surface area contributed by atoms with Crippen molar-refractivity contribution >= 4 is 26.5 Å². The third-order valence-electron chi connectivity index (χ3n) is 8.08. The van der Waals surface area contributed by atoms with E-state index in [4.69, 9.17) is 4.74 Å². The molecule has 0 amide bonds. The van der Waals surface area contributed by atoms with Crippen LogP contribution >= 0.6 is 0 Å². The van der Waals surface area contributed by atoms with Crippen LogP contribution in [-0.2, 0) is 33.2 Å². The quantitative estimate of drug-likeness (QED) is 0.420. The summed E-state index contributed by atoms with van der Waals surface area (Å²) in [5.41, 5.74) is 2.76. The van der Waals surface area contributed by atoms with Gasteiger partial charge in [-0.25, -0.2) is 21.9 Å². The van der Waals surface area contributed by atoms with Crippen LogP contribution in [0.15, 0.2) is 41.6 Å². The molecule has 8 nitrogen and oxygen atoms in total. The number of hydrogen-bond donors (Lipinski definition) is 3. The third-order valence-corrected chi connectivity index (χ3v) is 9.73. The molecule has 11 heteroatoms. The van der Waals surface area contributed by atoms with Gasteiger partial charge in [-0.2, -0.15) is 0 Å². The van der Waals surface area contributed by atoms with Crippen molar-refractivity contribution in [1.82, 2.24) is 14.7 Å². The second-order valence-electron chi connectivity index (χ2n) is 11.2. The number of ether oxygens (including phenoxy) is 1. The maximum atomic E-state index is 13.7. The predicted molar refractivity (Wildman–Crippen MR) is 136 cm³/mol. The van der Waals surface area contributed by atoms with Crippen LogP contribution in [0.4, 0.5) is 14.5 Å². The summed E-state index contributed by atoms with van der Waals surface area (Å²) in [5, 5.41) is 15.2. The normalized spacial score (nSPS) is 24.0. The molecule has 0 spiro atoms. The van der Waals surface area contributed by atoms with Gasteiger partial charge in [0, 0.05) is 53.5 Å². The van der Waals surface area contributed by atoms with Crippen molar-refractivity contribution in [2.75, 3.05) is 18.5 Å². The largest absolute Gasteiger partial charge is 0.380 e. The molecule has 1 aliphatic heterocycles. The van der Waals surface area contributed by atoms with Crippen LogP contribution in [0.2, 0.25) is 0 Å². The predicted octanol–water partition coefficient (Wildman–Crippen LogP) is 3.38. The van der Waals surface area contributed by atoms with Crippen LogP contribution in [0.1, 0.15) is 54.1 Å². The molecule has 1 unspecified atom stereocenters. The number of benzene rings is 1. The standard InChI is InChI=1S/C27H28F2N4O4S/c28-27(29)9-20(10-27)33-38(35,36)25-21-7-19(32-18-3-4-24(31-12-18)26(34)13-37-14-26)6-16(21)5-17-11-30-23(8-22(17)25)15-1-2-15/h3-5,8,11-12,15,19-20,32-34H,1-2,6-7,9-10,13-14H2. The fourth-order valence-electron chi connectivity index (χ4n) is 5.83. The number of hydrogen-bond acceptors (Lipinski definition) is 7. The number of nitrogens with one attached hydrogen (secondary N) is 2. The molecule has 7 rings (SSSR count). The molecule has 200 valence electrons. The number of halogens is 2. The number of sulfonamides is 1. The Bertz CT molecular complexity index is 1530. The maximum absolute atomic E-state index is 13.7. The zero-order chi connectivity index (χ0) is 26.3. The van der Waals surface area contributed by atoms with Gasteiger partial charge >= 0.3 is 0 Å². The molecule has 3 aliphatic carbocycles. The van der Waals surface area contributed by atoms with Gasteiger partial charge in [0.25, 0.3) is 5.92 Å². The zero-order valence-electron chi connectivity index (χ0n) is 20.6. The lowest BCUT2D eigenvalue weighted by molar-refractivity contribution is -0.186. The summed E-state index contributed by atoms with van der Waals surface area (Å²) in [7, 11) is -4.05.